The van der Waals surface area contributed by atoms with Gasteiger partial charge in [0.2, 0.25) is 0 Å². The van der Waals surface area contributed by atoms with Gasteiger partial charge in [-0.05, 0) is 116 Å². The van der Waals surface area contributed by atoms with Crippen molar-refractivity contribution in [2.24, 2.45) is 0 Å². The van der Waals surface area contributed by atoms with Gasteiger partial charge in [-0.15, -0.1) is 0 Å². The lowest BCUT2D eigenvalue weighted by Crippen LogP contribution is -2.18. The number of unbranched alkanes of at least 4 members (excludes halogenated alkanes) is 13. The number of alkyl halides is 1. The third-order valence-corrected chi connectivity index (χ3v) is 8.45. The Balaban J connectivity index is 4.08. The topological polar surface area (TPSA) is 26.3 Å². The Kier molecular flexibility index (Phi) is 37.2. The minimum absolute atomic E-state index is 0.00751. The number of hydrogen-bond acceptors (Lipinski definition) is 2. The summed E-state index contributed by atoms with van der Waals surface area (Å²) >= 11 is 3.46. The molecule has 0 atom stereocenters. The first-order chi connectivity index (χ1) is 22.2. The van der Waals surface area contributed by atoms with Gasteiger partial charge in [0.25, 0.3) is 0 Å². The number of carbonyl (C=O) groups is 1. The number of esters is 1. The molecule has 0 saturated heterocycles. The molecule has 0 heterocycles. The number of ether oxygens (including phenoxy) is 1. The fraction of sp³-hybridized carbons (Fsp3) is 0.690. The summed E-state index contributed by atoms with van der Waals surface area (Å²) in [5, 5.41) is 0.951. The van der Waals surface area contributed by atoms with E-state index in [9.17, 15) is 4.79 Å². The molecule has 0 radical (unpaired) electrons. The third-order valence-electron chi connectivity index (χ3n) is 7.89. The van der Waals surface area contributed by atoms with E-state index in [1.54, 1.807) is 0 Å². The van der Waals surface area contributed by atoms with E-state index < -0.39 is 0 Å². The second kappa shape index (κ2) is 38.6. The SMILES string of the molecule is CCCCCC=CCC=CCC=CCCCCCC(CCCCCC=CCC=CCC=CCCCCC)OC(=O)CCCCBr. The van der Waals surface area contributed by atoms with Gasteiger partial charge in [-0.3, -0.25) is 4.79 Å². The van der Waals surface area contributed by atoms with Crippen LogP contribution in [-0.2, 0) is 9.53 Å². The highest BCUT2D eigenvalue weighted by Gasteiger charge is 2.14. The van der Waals surface area contributed by atoms with Crippen molar-refractivity contribution in [1.29, 1.82) is 0 Å². The van der Waals surface area contributed by atoms with E-state index in [-0.39, 0.29) is 12.1 Å². The smallest absolute Gasteiger partial charge is 0.306 e. The number of carbonyl (C=O) groups excluding carboxylic acids is 1. The molecule has 0 rings (SSSR count). The highest BCUT2D eigenvalue weighted by atomic mass is 79.9. The molecule has 0 amide bonds. The van der Waals surface area contributed by atoms with Gasteiger partial charge in [-0.25, -0.2) is 0 Å². The Labute approximate surface area is 289 Å². The lowest BCUT2D eigenvalue weighted by molar-refractivity contribution is -0.150. The van der Waals surface area contributed by atoms with Gasteiger partial charge in [-0.2, -0.15) is 0 Å². The summed E-state index contributed by atoms with van der Waals surface area (Å²) in [5.74, 6) is -0.00751. The monoisotopic (exact) mass is 686 g/mol. The fourth-order valence-electron chi connectivity index (χ4n) is 5.07. The van der Waals surface area contributed by atoms with Crippen molar-refractivity contribution >= 4 is 21.9 Å². The largest absolute Gasteiger partial charge is 0.462 e. The zero-order valence-electron chi connectivity index (χ0n) is 29.6. The normalized spacial score (nSPS) is 13.2. The molecule has 0 aliphatic carbocycles. The van der Waals surface area contributed by atoms with Crippen LogP contribution in [0.1, 0.15) is 174 Å². The van der Waals surface area contributed by atoms with E-state index in [0.717, 1.165) is 82.4 Å². The number of allylic oxidation sites excluding steroid dienone is 12. The maximum atomic E-state index is 12.4. The van der Waals surface area contributed by atoms with E-state index in [1.807, 2.05) is 0 Å². The number of rotatable bonds is 33. The Morgan fingerprint density at radius 3 is 1.24 bits per heavy atom. The Bertz CT molecular complexity index is 735. The molecular weight excluding hydrogens is 616 g/mol. The zero-order valence-corrected chi connectivity index (χ0v) is 31.2. The molecule has 258 valence electrons. The van der Waals surface area contributed by atoms with Crippen LogP contribution in [-0.4, -0.2) is 17.4 Å². The molecule has 0 aromatic heterocycles. The number of hydrogen-bond donors (Lipinski definition) is 0. The van der Waals surface area contributed by atoms with E-state index in [4.69, 9.17) is 4.74 Å². The van der Waals surface area contributed by atoms with Crippen LogP contribution in [0.25, 0.3) is 0 Å². The van der Waals surface area contributed by atoms with Gasteiger partial charge in [0, 0.05) is 11.8 Å². The summed E-state index contributed by atoms with van der Waals surface area (Å²) in [5.41, 5.74) is 0. The van der Waals surface area contributed by atoms with Crippen molar-refractivity contribution < 1.29 is 9.53 Å². The maximum Gasteiger partial charge on any atom is 0.306 e. The highest BCUT2D eigenvalue weighted by molar-refractivity contribution is 9.09. The van der Waals surface area contributed by atoms with Crippen molar-refractivity contribution in [3.8, 4) is 0 Å². The molecular formula is C42H71BrO2. The first-order valence-corrected chi connectivity index (χ1v) is 20.0. The van der Waals surface area contributed by atoms with Gasteiger partial charge >= 0.3 is 5.97 Å². The van der Waals surface area contributed by atoms with E-state index in [2.05, 4.69) is 103 Å². The first kappa shape index (κ1) is 43.4. The molecule has 0 saturated carbocycles. The van der Waals surface area contributed by atoms with Crippen LogP contribution in [0.15, 0.2) is 72.9 Å². The lowest BCUT2D eigenvalue weighted by atomic mass is 10.0. The van der Waals surface area contributed by atoms with E-state index >= 15 is 0 Å². The summed E-state index contributed by atoms with van der Waals surface area (Å²) in [7, 11) is 0. The molecule has 0 aromatic rings. The first-order valence-electron chi connectivity index (χ1n) is 18.9. The van der Waals surface area contributed by atoms with Crippen molar-refractivity contribution in [3.05, 3.63) is 72.9 Å². The zero-order chi connectivity index (χ0) is 32.7. The summed E-state index contributed by atoms with van der Waals surface area (Å²) in [6, 6.07) is 0. The van der Waals surface area contributed by atoms with Crippen molar-refractivity contribution in [1.82, 2.24) is 0 Å². The van der Waals surface area contributed by atoms with Crippen LogP contribution < -0.4 is 0 Å². The highest BCUT2D eigenvalue weighted by Crippen LogP contribution is 2.17. The van der Waals surface area contributed by atoms with Gasteiger partial charge in [0.05, 0.1) is 0 Å². The molecule has 0 spiro atoms. The quantitative estimate of drug-likeness (QED) is 0.0297. The fourth-order valence-corrected chi connectivity index (χ4v) is 5.47. The van der Waals surface area contributed by atoms with Crippen molar-refractivity contribution in [2.75, 3.05) is 5.33 Å². The maximum absolute atomic E-state index is 12.4. The van der Waals surface area contributed by atoms with Gasteiger partial charge < -0.3 is 4.74 Å². The van der Waals surface area contributed by atoms with Crippen LogP contribution in [0.4, 0.5) is 0 Å². The van der Waals surface area contributed by atoms with Crippen LogP contribution in [0.2, 0.25) is 0 Å². The summed E-state index contributed by atoms with van der Waals surface area (Å²) < 4.78 is 5.94. The van der Waals surface area contributed by atoms with Gasteiger partial charge in [0.15, 0.2) is 0 Å². The predicted molar refractivity (Wildman–Crippen MR) is 205 cm³/mol. The molecule has 45 heavy (non-hydrogen) atoms. The van der Waals surface area contributed by atoms with Crippen LogP contribution in [0, 0.1) is 0 Å². The minimum Gasteiger partial charge on any atom is -0.462 e. The molecule has 0 aromatic carbocycles. The average Bonchev–Trinajstić information content (AvgIpc) is 3.04. The molecule has 0 fully saturated rings. The Morgan fingerprint density at radius 1 is 0.489 bits per heavy atom. The van der Waals surface area contributed by atoms with E-state index in [1.165, 1.54) is 77.0 Å². The summed E-state index contributed by atoms with van der Waals surface area (Å²) in [6.45, 7) is 4.51. The Hall–Kier alpha value is -1.61. The Morgan fingerprint density at radius 2 is 0.867 bits per heavy atom. The third kappa shape index (κ3) is 36.7. The second-order valence-corrected chi connectivity index (χ2v) is 13.1. The predicted octanol–water partition coefficient (Wildman–Crippen LogP) is 14.4. The van der Waals surface area contributed by atoms with Crippen LogP contribution in [0.3, 0.4) is 0 Å². The minimum atomic E-state index is -0.00751. The number of halogens is 1. The molecule has 0 aliphatic heterocycles. The summed E-state index contributed by atoms with van der Waals surface area (Å²) in [4.78, 5) is 12.4. The molecule has 0 aliphatic rings. The van der Waals surface area contributed by atoms with Crippen molar-refractivity contribution in [2.45, 2.75) is 180 Å². The van der Waals surface area contributed by atoms with Crippen LogP contribution >= 0.6 is 15.9 Å². The lowest BCUT2D eigenvalue weighted by Gasteiger charge is -2.18. The van der Waals surface area contributed by atoms with Gasteiger partial charge in [-0.1, -0.05) is 141 Å². The van der Waals surface area contributed by atoms with Crippen molar-refractivity contribution in [3.63, 3.8) is 0 Å². The second-order valence-electron chi connectivity index (χ2n) is 12.3. The standard InChI is InChI=1S/C42H71BrO2/c1-3-5-7-9-11-13-15-17-19-21-23-25-27-29-31-33-37-41(45-42(44)39-35-36-40-43)38-34-32-30-28-26-24-22-20-18-16-14-12-10-8-6-4-2/h11-14,17-20,23-26,41H,3-10,15-16,21-22,27-40H2,1-2H3. The molecule has 0 N–H and O–H groups in total. The van der Waals surface area contributed by atoms with Crippen LogP contribution in [0.5, 0.6) is 0 Å². The average molecular weight is 688 g/mol. The van der Waals surface area contributed by atoms with E-state index in [0.29, 0.717) is 6.42 Å². The molecule has 0 bridgehead atoms. The van der Waals surface area contributed by atoms with Gasteiger partial charge in [0.1, 0.15) is 6.10 Å². The summed E-state index contributed by atoms with van der Waals surface area (Å²) in [6.07, 6.45) is 56.0. The molecule has 0 unspecified atom stereocenters. The molecule has 3 heteroatoms. The molecule has 2 nitrogen and oxygen atoms in total.